The van der Waals surface area contributed by atoms with Crippen molar-refractivity contribution in [3.8, 4) is 0 Å². The summed E-state index contributed by atoms with van der Waals surface area (Å²) >= 11 is 0. The van der Waals surface area contributed by atoms with E-state index in [0.717, 1.165) is 54.7 Å². The standard InChI is InChI=1S/C21H21N7/c1-2-6-16(7-3-1)14-27-12-10-17(11-13-27)23-24-20-18-8-4-5-9-19(18)21-25-22-15-28(21)26-20/h1-9,15H,10-14H2,(H,24,26)/p+1. The number of aromatic nitrogens is 4. The zero-order chi connectivity index (χ0) is 18.8. The summed E-state index contributed by atoms with van der Waals surface area (Å²) in [6.07, 6.45) is 3.62. The molecule has 0 spiro atoms. The van der Waals surface area contributed by atoms with Crippen LogP contribution in [0.5, 0.6) is 0 Å². The molecule has 7 nitrogen and oxygen atoms in total. The first-order valence-electron chi connectivity index (χ1n) is 9.64. The normalized spacial score (nSPS) is 17.1. The fraction of sp³-hybridized carbons (Fsp3) is 0.238. The largest absolute Gasteiger partial charge is 0.331 e. The highest BCUT2D eigenvalue weighted by Crippen LogP contribution is 2.23. The summed E-state index contributed by atoms with van der Waals surface area (Å²) < 4.78 is 1.69. The number of hydrogen-bond donors (Lipinski definition) is 2. The Morgan fingerprint density at radius 3 is 2.54 bits per heavy atom. The van der Waals surface area contributed by atoms with Crippen molar-refractivity contribution in [2.75, 3.05) is 18.5 Å². The van der Waals surface area contributed by atoms with Gasteiger partial charge < -0.3 is 4.90 Å². The Bertz CT molecular complexity index is 1120. The Balaban J connectivity index is 1.30. The number of likely N-dealkylation sites (tertiary alicyclic amines) is 1. The summed E-state index contributed by atoms with van der Waals surface area (Å²) in [6.45, 7) is 3.29. The molecule has 5 rings (SSSR count). The summed E-state index contributed by atoms with van der Waals surface area (Å²) in [4.78, 5) is 1.61. The molecule has 2 aromatic heterocycles. The van der Waals surface area contributed by atoms with Crippen molar-refractivity contribution in [3.05, 3.63) is 66.5 Å². The van der Waals surface area contributed by atoms with Crippen LogP contribution < -0.4 is 10.3 Å². The molecule has 1 aliphatic rings. The lowest BCUT2D eigenvalue weighted by atomic mass is 10.1. The molecule has 4 aromatic rings. The van der Waals surface area contributed by atoms with Crippen molar-refractivity contribution in [3.63, 3.8) is 0 Å². The molecule has 0 radical (unpaired) electrons. The predicted octanol–water partition coefficient (Wildman–Crippen LogP) is 1.92. The fourth-order valence-corrected chi connectivity index (χ4v) is 3.81. The molecule has 28 heavy (non-hydrogen) atoms. The van der Waals surface area contributed by atoms with E-state index in [0.29, 0.717) is 0 Å². The SMILES string of the molecule is c1ccc(C[NH+]2CCC(=NNc3nn4cnnc4c4ccccc34)CC2)cc1. The molecule has 3 heterocycles. The van der Waals surface area contributed by atoms with Gasteiger partial charge in [0.15, 0.2) is 11.5 Å². The van der Waals surface area contributed by atoms with E-state index in [-0.39, 0.29) is 0 Å². The maximum absolute atomic E-state index is 4.67. The first-order valence-corrected chi connectivity index (χ1v) is 9.64. The topological polar surface area (TPSA) is 71.9 Å². The smallest absolute Gasteiger partial charge is 0.185 e. The second kappa shape index (κ2) is 7.36. The van der Waals surface area contributed by atoms with E-state index in [1.807, 2.05) is 24.3 Å². The molecule has 0 atom stereocenters. The summed E-state index contributed by atoms with van der Waals surface area (Å²) in [5.74, 6) is 0.731. The molecule has 0 bridgehead atoms. The highest BCUT2D eigenvalue weighted by atomic mass is 15.4. The Hall–Kier alpha value is -3.32. The molecule has 0 amide bonds. The van der Waals surface area contributed by atoms with Crippen LogP contribution in [-0.4, -0.2) is 38.6 Å². The number of hydrazone groups is 1. The molecular weight excluding hydrogens is 350 g/mol. The monoisotopic (exact) mass is 372 g/mol. The first-order chi connectivity index (χ1) is 13.9. The summed E-state index contributed by atoms with van der Waals surface area (Å²) in [5.41, 5.74) is 6.55. The van der Waals surface area contributed by atoms with Crippen molar-refractivity contribution < 1.29 is 4.90 Å². The Morgan fingerprint density at radius 2 is 1.71 bits per heavy atom. The van der Waals surface area contributed by atoms with Gasteiger partial charge in [0.05, 0.1) is 13.1 Å². The lowest BCUT2D eigenvalue weighted by Gasteiger charge is -2.24. The fourth-order valence-electron chi connectivity index (χ4n) is 3.81. The number of hydrogen-bond acceptors (Lipinski definition) is 5. The van der Waals surface area contributed by atoms with Crippen molar-refractivity contribution >= 4 is 27.9 Å². The van der Waals surface area contributed by atoms with Gasteiger partial charge in [-0.05, 0) is 0 Å². The summed E-state index contributed by atoms with van der Waals surface area (Å²) in [5, 5.41) is 19.4. The maximum Gasteiger partial charge on any atom is 0.185 e. The third-order valence-electron chi connectivity index (χ3n) is 5.31. The van der Waals surface area contributed by atoms with Gasteiger partial charge in [-0.2, -0.15) is 9.62 Å². The van der Waals surface area contributed by atoms with Crippen LogP contribution in [0.1, 0.15) is 18.4 Å². The number of nitrogens with zero attached hydrogens (tertiary/aromatic N) is 5. The number of rotatable bonds is 4. The lowest BCUT2D eigenvalue weighted by Crippen LogP contribution is -3.11. The first kappa shape index (κ1) is 16.8. The average molecular weight is 372 g/mol. The molecular formula is C21H22N7+. The van der Waals surface area contributed by atoms with Gasteiger partial charge in [0.1, 0.15) is 12.9 Å². The van der Waals surface area contributed by atoms with Crippen LogP contribution in [0.3, 0.4) is 0 Å². The van der Waals surface area contributed by atoms with E-state index in [1.54, 1.807) is 15.7 Å². The van der Waals surface area contributed by atoms with E-state index in [9.17, 15) is 0 Å². The lowest BCUT2D eigenvalue weighted by molar-refractivity contribution is -0.914. The molecule has 2 N–H and O–H groups in total. The number of quaternary nitrogens is 1. The molecule has 140 valence electrons. The van der Waals surface area contributed by atoms with Crippen LogP contribution in [0.25, 0.3) is 16.4 Å². The van der Waals surface area contributed by atoms with Gasteiger partial charge in [0.2, 0.25) is 0 Å². The zero-order valence-electron chi connectivity index (χ0n) is 15.5. The van der Waals surface area contributed by atoms with Gasteiger partial charge in [-0.15, -0.1) is 15.3 Å². The van der Waals surface area contributed by atoms with Gasteiger partial charge >= 0.3 is 0 Å². The minimum atomic E-state index is 0.731. The summed E-state index contributed by atoms with van der Waals surface area (Å²) in [7, 11) is 0. The Morgan fingerprint density at radius 1 is 0.964 bits per heavy atom. The van der Waals surface area contributed by atoms with Crippen molar-refractivity contribution in [2.45, 2.75) is 19.4 Å². The number of fused-ring (bicyclic) bond motifs is 3. The number of piperidine rings is 1. The van der Waals surface area contributed by atoms with Crippen LogP contribution in [0.2, 0.25) is 0 Å². The average Bonchev–Trinajstić information content (AvgIpc) is 3.23. The highest BCUT2D eigenvalue weighted by Gasteiger charge is 2.19. The molecule has 1 aliphatic heterocycles. The number of anilines is 1. The van der Waals surface area contributed by atoms with Crippen LogP contribution in [-0.2, 0) is 6.54 Å². The second-order valence-electron chi connectivity index (χ2n) is 7.20. The van der Waals surface area contributed by atoms with Crippen LogP contribution in [0, 0.1) is 0 Å². The van der Waals surface area contributed by atoms with Gasteiger partial charge in [-0.25, -0.2) is 0 Å². The highest BCUT2D eigenvalue weighted by molar-refractivity contribution is 6.00. The zero-order valence-corrected chi connectivity index (χ0v) is 15.5. The van der Waals surface area contributed by atoms with Crippen LogP contribution in [0.4, 0.5) is 5.82 Å². The minimum absolute atomic E-state index is 0.731. The van der Waals surface area contributed by atoms with E-state index < -0.39 is 0 Å². The van der Waals surface area contributed by atoms with E-state index in [4.69, 9.17) is 0 Å². The van der Waals surface area contributed by atoms with Crippen LogP contribution >= 0.6 is 0 Å². The number of nitrogens with one attached hydrogen (secondary N) is 2. The van der Waals surface area contributed by atoms with Gasteiger partial charge in [0.25, 0.3) is 0 Å². The van der Waals surface area contributed by atoms with Crippen LogP contribution in [0.15, 0.2) is 66.0 Å². The van der Waals surface area contributed by atoms with Crippen molar-refractivity contribution in [1.29, 1.82) is 0 Å². The number of benzene rings is 2. The van der Waals surface area contributed by atoms with E-state index >= 15 is 0 Å². The van der Waals surface area contributed by atoms with Crippen molar-refractivity contribution in [1.82, 2.24) is 19.8 Å². The molecule has 0 unspecified atom stereocenters. The third-order valence-corrected chi connectivity index (χ3v) is 5.31. The molecule has 0 aliphatic carbocycles. The van der Waals surface area contributed by atoms with E-state index in [1.165, 1.54) is 11.3 Å². The third kappa shape index (κ3) is 3.32. The molecule has 1 saturated heterocycles. The molecule has 2 aromatic carbocycles. The maximum atomic E-state index is 4.67. The van der Waals surface area contributed by atoms with Gasteiger partial charge in [-0.1, -0.05) is 54.6 Å². The molecule has 7 heteroatoms. The minimum Gasteiger partial charge on any atom is -0.331 e. The predicted molar refractivity (Wildman–Crippen MR) is 109 cm³/mol. The van der Waals surface area contributed by atoms with E-state index in [2.05, 4.69) is 56.2 Å². The van der Waals surface area contributed by atoms with Crippen molar-refractivity contribution in [2.24, 2.45) is 5.10 Å². The molecule has 0 saturated carbocycles. The Kier molecular flexibility index (Phi) is 4.42. The quantitative estimate of drug-likeness (QED) is 0.537. The van der Waals surface area contributed by atoms with Gasteiger partial charge in [-0.3, -0.25) is 5.43 Å². The molecule has 1 fully saturated rings. The second-order valence-corrected chi connectivity index (χ2v) is 7.20. The summed E-state index contributed by atoms with van der Waals surface area (Å²) in [6, 6.07) is 18.8. The van der Waals surface area contributed by atoms with Gasteiger partial charge in [0, 0.05) is 34.9 Å². The Labute approximate surface area is 162 Å².